The van der Waals surface area contributed by atoms with E-state index in [9.17, 15) is 9.18 Å². The molecule has 3 N–H and O–H groups in total. The van der Waals surface area contributed by atoms with E-state index in [0.717, 1.165) is 0 Å². The number of carboxylic acid groups (broad SMARTS) is 1. The summed E-state index contributed by atoms with van der Waals surface area (Å²) in [4.78, 5) is 10.8. The smallest absolute Gasteiger partial charge is 0.305 e. The average Bonchev–Trinajstić information content (AvgIpc) is 2.11. The molecule has 4 nitrogen and oxygen atoms in total. The fourth-order valence-electron chi connectivity index (χ4n) is 1.91. The van der Waals surface area contributed by atoms with E-state index in [2.05, 4.69) is 10.6 Å². The molecule has 92 valence electrons. The maximum absolute atomic E-state index is 13.1. The summed E-state index contributed by atoms with van der Waals surface area (Å²) in [7, 11) is 0. The lowest BCUT2D eigenvalue weighted by molar-refractivity contribution is -0.138. The van der Waals surface area contributed by atoms with Gasteiger partial charge in [-0.1, -0.05) is 11.6 Å². The molecule has 0 unspecified atom stereocenters. The summed E-state index contributed by atoms with van der Waals surface area (Å²) >= 11 is 5.73. The molecule has 1 saturated heterocycles. The average molecular weight is 259 g/mol. The van der Waals surface area contributed by atoms with Gasteiger partial charge in [0.2, 0.25) is 0 Å². The van der Waals surface area contributed by atoms with Gasteiger partial charge in [0.1, 0.15) is 5.82 Å². The first-order chi connectivity index (χ1) is 7.99. The topological polar surface area (TPSA) is 61.4 Å². The quantitative estimate of drug-likeness (QED) is 0.769. The largest absolute Gasteiger partial charge is 0.481 e. The van der Waals surface area contributed by atoms with E-state index >= 15 is 0 Å². The number of hydrogen-bond donors (Lipinski definition) is 3. The standard InChI is InChI=1S/C11H12ClFN2O2/c12-7-1-8(13)3-9(2-7)15-11(4-10(16)17)5-14-6-11/h1-3,14-15H,4-6H2,(H,16,17). The fourth-order valence-corrected chi connectivity index (χ4v) is 2.13. The maximum Gasteiger partial charge on any atom is 0.305 e. The number of carboxylic acids is 1. The first-order valence-electron chi connectivity index (χ1n) is 5.16. The summed E-state index contributed by atoms with van der Waals surface area (Å²) in [5.74, 6) is -1.33. The molecular formula is C11H12ClFN2O2. The highest BCUT2D eigenvalue weighted by Crippen LogP contribution is 2.25. The number of halogens is 2. The molecule has 1 aliphatic rings. The molecule has 0 spiro atoms. The minimum absolute atomic E-state index is 0.0197. The summed E-state index contributed by atoms with van der Waals surface area (Å²) in [5, 5.41) is 15.2. The van der Waals surface area contributed by atoms with Crippen LogP contribution in [0.4, 0.5) is 10.1 Å². The number of carbonyl (C=O) groups is 1. The lowest BCUT2D eigenvalue weighted by atomic mass is 9.88. The molecule has 0 atom stereocenters. The predicted octanol–water partition coefficient (Wildman–Crippen LogP) is 1.71. The van der Waals surface area contributed by atoms with Crippen molar-refractivity contribution in [3.63, 3.8) is 0 Å². The van der Waals surface area contributed by atoms with Crippen LogP contribution in [0, 0.1) is 5.82 Å². The molecule has 1 heterocycles. The molecule has 0 aromatic heterocycles. The van der Waals surface area contributed by atoms with Crippen LogP contribution in [0.5, 0.6) is 0 Å². The van der Waals surface area contributed by atoms with Gasteiger partial charge in [-0.3, -0.25) is 4.79 Å². The zero-order valence-corrected chi connectivity index (χ0v) is 9.72. The molecule has 1 aliphatic heterocycles. The van der Waals surface area contributed by atoms with Crippen LogP contribution in [-0.4, -0.2) is 29.7 Å². The van der Waals surface area contributed by atoms with Gasteiger partial charge >= 0.3 is 5.97 Å². The van der Waals surface area contributed by atoms with Crippen molar-refractivity contribution < 1.29 is 14.3 Å². The van der Waals surface area contributed by atoms with Crippen LogP contribution in [-0.2, 0) is 4.79 Å². The number of rotatable bonds is 4. The molecule has 1 aromatic carbocycles. The second-order valence-corrected chi connectivity index (χ2v) is 4.67. The normalized spacial score (nSPS) is 17.3. The van der Waals surface area contributed by atoms with Crippen LogP contribution in [0.1, 0.15) is 6.42 Å². The van der Waals surface area contributed by atoms with Gasteiger partial charge in [-0.15, -0.1) is 0 Å². The first kappa shape index (κ1) is 12.1. The molecule has 2 rings (SSSR count). The van der Waals surface area contributed by atoms with E-state index in [1.807, 2.05) is 0 Å². The lowest BCUT2D eigenvalue weighted by Crippen LogP contribution is -2.65. The number of nitrogens with one attached hydrogen (secondary N) is 2. The van der Waals surface area contributed by atoms with Crippen molar-refractivity contribution in [2.75, 3.05) is 18.4 Å². The summed E-state index contributed by atoms with van der Waals surface area (Å²) in [6.07, 6.45) is -0.0197. The van der Waals surface area contributed by atoms with Gasteiger partial charge in [0.15, 0.2) is 0 Å². The van der Waals surface area contributed by atoms with Gasteiger partial charge in [0.05, 0.1) is 12.0 Å². The Kier molecular flexibility index (Phi) is 3.22. The minimum Gasteiger partial charge on any atom is -0.481 e. The molecule has 6 heteroatoms. The number of benzene rings is 1. The zero-order valence-electron chi connectivity index (χ0n) is 8.96. The van der Waals surface area contributed by atoms with E-state index < -0.39 is 17.3 Å². The van der Waals surface area contributed by atoms with Crippen LogP contribution in [0.25, 0.3) is 0 Å². The molecular weight excluding hydrogens is 247 g/mol. The van der Waals surface area contributed by atoms with Gasteiger partial charge in [-0.2, -0.15) is 0 Å². The van der Waals surface area contributed by atoms with Crippen molar-refractivity contribution in [1.29, 1.82) is 0 Å². The summed E-state index contributed by atoms with van der Waals surface area (Å²) in [5.41, 5.74) is -0.0547. The van der Waals surface area contributed by atoms with Crippen LogP contribution in [0.2, 0.25) is 5.02 Å². The Morgan fingerprint density at radius 1 is 1.53 bits per heavy atom. The van der Waals surface area contributed by atoms with Crippen molar-refractivity contribution in [3.8, 4) is 0 Å². The van der Waals surface area contributed by atoms with Crippen molar-refractivity contribution in [1.82, 2.24) is 5.32 Å². The Balaban J connectivity index is 2.15. The Labute approximate surface area is 103 Å². The number of hydrogen-bond acceptors (Lipinski definition) is 3. The third-order valence-electron chi connectivity index (χ3n) is 2.69. The number of anilines is 1. The molecule has 0 radical (unpaired) electrons. The zero-order chi connectivity index (χ0) is 12.5. The van der Waals surface area contributed by atoms with E-state index in [-0.39, 0.29) is 11.4 Å². The van der Waals surface area contributed by atoms with E-state index in [0.29, 0.717) is 18.8 Å². The maximum atomic E-state index is 13.1. The Hall–Kier alpha value is -1.33. The van der Waals surface area contributed by atoms with Crippen molar-refractivity contribution in [3.05, 3.63) is 29.0 Å². The van der Waals surface area contributed by atoms with Gasteiger partial charge in [0.25, 0.3) is 0 Å². The summed E-state index contributed by atoms with van der Waals surface area (Å²) < 4.78 is 13.1. The van der Waals surface area contributed by atoms with E-state index in [1.54, 1.807) is 6.07 Å². The monoisotopic (exact) mass is 258 g/mol. The molecule has 17 heavy (non-hydrogen) atoms. The second kappa shape index (κ2) is 4.50. The molecule has 0 aliphatic carbocycles. The summed E-state index contributed by atoms with van der Waals surface area (Å²) in [6, 6.07) is 4.08. The van der Waals surface area contributed by atoms with Crippen LogP contribution < -0.4 is 10.6 Å². The SMILES string of the molecule is O=C(O)CC1(Nc2cc(F)cc(Cl)c2)CNC1. The highest BCUT2D eigenvalue weighted by Gasteiger charge is 2.39. The Morgan fingerprint density at radius 3 is 2.71 bits per heavy atom. The van der Waals surface area contributed by atoms with Crippen LogP contribution in [0.3, 0.4) is 0 Å². The Bertz CT molecular complexity index is 429. The van der Waals surface area contributed by atoms with E-state index in [4.69, 9.17) is 16.7 Å². The fraction of sp³-hybridized carbons (Fsp3) is 0.364. The van der Waals surface area contributed by atoms with Crippen molar-refractivity contribution in [2.45, 2.75) is 12.0 Å². The van der Waals surface area contributed by atoms with Crippen molar-refractivity contribution >= 4 is 23.3 Å². The molecule has 1 aromatic rings. The molecule has 0 saturated carbocycles. The van der Waals surface area contributed by atoms with E-state index in [1.165, 1.54) is 12.1 Å². The molecule has 0 amide bonds. The summed E-state index contributed by atoms with van der Waals surface area (Å²) in [6.45, 7) is 1.07. The van der Waals surface area contributed by atoms with Crippen LogP contribution >= 0.6 is 11.6 Å². The molecule has 1 fully saturated rings. The molecule has 0 bridgehead atoms. The third-order valence-corrected chi connectivity index (χ3v) is 2.91. The number of aliphatic carboxylic acids is 1. The lowest BCUT2D eigenvalue weighted by Gasteiger charge is -2.43. The first-order valence-corrected chi connectivity index (χ1v) is 5.54. The Morgan fingerprint density at radius 2 is 2.24 bits per heavy atom. The van der Waals surface area contributed by atoms with Gasteiger partial charge in [0, 0.05) is 23.8 Å². The predicted molar refractivity (Wildman–Crippen MR) is 62.9 cm³/mol. The van der Waals surface area contributed by atoms with Crippen molar-refractivity contribution in [2.24, 2.45) is 0 Å². The van der Waals surface area contributed by atoms with Gasteiger partial charge in [-0.25, -0.2) is 4.39 Å². The highest BCUT2D eigenvalue weighted by atomic mass is 35.5. The minimum atomic E-state index is -0.888. The van der Waals surface area contributed by atoms with Crippen LogP contribution in [0.15, 0.2) is 18.2 Å². The highest BCUT2D eigenvalue weighted by molar-refractivity contribution is 6.30. The second-order valence-electron chi connectivity index (χ2n) is 4.24. The van der Waals surface area contributed by atoms with Gasteiger partial charge < -0.3 is 15.7 Å². The van der Waals surface area contributed by atoms with Gasteiger partial charge in [-0.05, 0) is 18.2 Å². The third kappa shape index (κ3) is 2.87.